The number of phenols is 1. The Bertz CT molecular complexity index is 1270. The Labute approximate surface area is 206 Å². The van der Waals surface area contributed by atoms with Crippen LogP contribution in [-0.2, 0) is 6.54 Å². The van der Waals surface area contributed by atoms with Crippen LogP contribution in [0.1, 0.15) is 26.3 Å². The predicted molar refractivity (Wildman–Crippen MR) is 132 cm³/mol. The van der Waals surface area contributed by atoms with Crippen LogP contribution in [0.25, 0.3) is 0 Å². The molecule has 35 heavy (non-hydrogen) atoms. The Kier molecular flexibility index (Phi) is 7.17. The zero-order chi connectivity index (χ0) is 24.9. The van der Waals surface area contributed by atoms with Gasteiger partial charge in [0.1, 0.15) is 11.4 Å². The maximum Gasteiger partial charge on any atom is 0.293 e. The number of piperazine rings is 1. The molecule has 1 heterocycles. The quantitative estimate of drug-likeness (QED) is 0.392. The first-order chi connectivity index (χ1) is 16.8. The second-order valence-electron chi connectivity index (χ2n) is 8.04. The van der Waals surface area contributed by atoms with Crippen LogP contribution in [0.2, 0.25) is 5.02 Å². The van der Waals surface area contributed by atoms with Gasteiger partial charge in [-0.2, -0.15) is 0 Å². The topological polar surface area (TPSA) is 116 Å². The minimum Gasteiger partial charge on any atom is -0.507 e. The standard InChI is InChI=1S/C25H23ClN4O5/c26-20-7-3-1-5-18(20)16-27-21-10-9-17(15-22(21)30(34)35)24(32)28-11-13-29(14-12-28)25(33)19-6-2-4-8-23(19)31/h1-10,15,27,31H,11-14,16H2. The molecule has 0 aromatic heterocycles. The number of para-hydroxylation sites is 1. The fraction of sp³-hybridized carbons (Fsp3) is 0.200. The van der Waals surface area contributed by atoms with Crippen molar-refractivity contribution in [2.24, 2.45) is 0 Å². The molecule has 10 heteroatoms. The van der Waals surface area contributed by atoms with Crippen LogP contribution >= 0.6 is 11.6 Å². The molecule has 3 aromatic rings. The van der Waals surface area contributed by atoms with E-state index in [0.29, 0.717) is 24.7 Å². The maximum atomic E-state index is 13.0. The number of carbonyl (C=O) groups excluding carboxylic acids is 2. The van der Waals surface area contributed by atoms with Crippen molar-refractivity contribution in [3.8, 4) is 5.75 Å². The fourth-order valence-corrected chi connectivity index (χ4v) is 4.12. The number of nitrogens with one attached hydrogen (secondary N) is 1. The molecule has 3 aromatic carbocycles. The van der Waals surface area contributed by atoms with Crippen molar-refractivity contribution in [2.75, 3.05) is 31.5 Å². The number of carbonyl (C=O) groups is 2. The molecule has 0 spiro atoms. The van der Waals surface area contributed by atoms with E-state index in [-0.39, 0.29) is 53.2 Å². The van der Waals surface area contributed by atoms with Crippen molar-refractivity contribution in [3.05, 3.63) is 98.6 Å². The zero-order valence-corrected chi connectivity index (χ0v) is 19.4. The number of rotatable bonds is 6. The van der Waals surface area contributed by atoms with Crippen molar-refractivity contribution in [2.45, 2.75) is 6.54 Å². The van der Waals surface area contributed by atoms with Crippen LogP contribution in [-0.4, -0.2) is 57.8 Å². The first-order valence-electron chi connectivity index (χ1n) is 11.0. The summed E-state index contributed by atoms with van der Waals surface area (Å²) >= 11 is 6.16. The van der Waals surface area contributed by atoms with Gasteiger partial charge in [0.25, 0.3) is 17.5 Å². The molecular weight excluding hydrogens is 472 g/mol. The van der Waals surface area contributed by atoms with Crippen LogP contribution in [0.3, 0.4) is 0 Å². The van der Waals surface area contributed by atoms with E-state index < -0.39 is 4.92 Å². The molecule has 1 aliphatic rings. The molecule has 0 radical (unpaired) electrons. The minimum atomic E-state index is -0.533. The Balaban J connectivity index is 1.42. The summed E-state index contributed by atoms with van der Waals surface area (Å²) in [6, 6.07) is 17.8. The number of amides is 2. The molecular formula is C25H23ClN4O5. The largest absolute Gasteiger partial charge is 0.507 e. The van der Waals surface area contributed by atoms with E-state index >= 15 is 0 Å². The molecule has 9 nitrogen and oxygen atoms in total. The molecule has 0 saturated carbocycles. The smallest absolute Gasteiger partial charge is 0.293 e. The van der Waals surface area contributed by atoms with E-state index in [4.69, 9.17) is 11.6 Å². The van der Waals surface area contributed by atoms with Crippen LogP contribution in [0, 0.1) is 10.1 Å². The number of hydrogen-bond acceptors (Lipinski definition) is 6. The van der Waals surface area contributed by atoms with Crippen molar-refractivity contribution in [1.82, 2.24) is 9.80 Å². The normalized spacial score (nSPS) is 13.4. The van der Waals surface area contributed by atoms with Crippen molar-refractivity contribution in [3.63, 3.8) is 0 Å². The third-order valence-corrected chi connectivity index (χ3v) is 6.23. The van der Waals surface area contributed by atoms with Gasteiger partial charge in [-0.05, 0) is 35.9 Å². The van der Waals surface area contributed by atoms with Crippen LogP contribution < -0.4 is 5.32 Å². The molecule has 0 atom stereocenters. The van der Waals surface area contributed by atoms with Crippen molar-refractivity contribution in [1.29, 1.82) is 0 Å². The molecule has 1 saturated heterocycles. The summed E-state index contributed by atoms with van der Waals surface area (Å²) in [6.07, 6.45) is 0. The van der Waals surface area contributed by atoms with Gasteiger partial charge in [-0.15, -0.1) is 0 Å². The molecule has 0 aliphatic carbocycles. The van der Waals surface area contributed by atoms with Gasteiger partial charge in [-0.25, -0.2) is 0 Å². The maximum absolute atomic E-state index is 13.0. The van der Waals surface area contributed by atoms with Gasteiger partial charge in [-0.3, -0.25) is 19.7 Å². The lowest BCUT2D eigenvalue weighted by atomic mass is 10.1. The number of halogens is 1. The Morgan fingerprint density at radius 3 is 2.23 bits per heavy atom. The summed E-state index contributed by atoms with van der Waals surface area (Å²) < 4.78 is 0. The number of anilines is 1. The molecule has 0 unspecified atom stereocenters. The monoisotopic (exact) mass is 494 g/mol. The Hall–Kier alpha value is -4.11. The van der Waals surface area contributed by atoms with Crippen molar-refractivity contribution < 1.29 is 19.6 Å². The first kappa shape index (κ1) is 24.0. The number of hydrogen-bond donors (Lipinski definition) is 2. The molecule has 0 bridgehead atoms. The summed E-state index contributed by atoms with van der Waals surface area (Å²) in [6.45, 7) is 1.43. The van der Waals surface area contributed by atoms with E-state index in [2.05, 4.69) is 5.32 Å². The van der Waals surface area contributed by atoms with E-state index in [1.807, 2.05) is 12.1 Å². The van der Waals surface area contributed by atoms with Crippen LogP contribution in [0.15, 0.2) is 66.7 Å². The summed E-state index contributed by atoms with van der Waals surface area (Å²) in [5.41, 5.74) is 1.27. The molecule has 2 N–H and O–H groups in total. The van der Waals surface area contributed by atoms with Gasteiger partial charge < -0.3 is 20.2 Å². The SMILES string of the molecule is O=C(c1ccc(NCc2ccccc2Cl)c([N+](=O)[O-])c1)N1CCN(C(=O)c2ccccc2O)CC1. The van der Waals surface area contributed by atoms with Crippen molar-refractivity contribution >= 4 is 34.8 Å². The average Bonchev–Trinajstić information content (AvgIpc) is 2.87. The molecule has 1 fully saturated rings. The third-order valence-electron chi connectivity index (χ3n) is 5.86. The van der Waals surface area contributed by atoms with E-state index in [9.17, 15) is 24.8 Å². The number of nitro groups is 1. The summed E-state index contributed by atoms with van der Waals surface area (Å²) in [5, 5.41) is 25.2. The minimum absolute atomic E-state index is 0.0912. The van der Waals surface area contributed by atoms with Gasteiger partial charge in [0.05, 0.1) is 10.5 Å². The summed E-state index contributed by atoms with van der Waals surface area (Å²) in [4.78, 5) is 40.0. The number of benzene rings is 3. The highest BCUT2D eigenvalue weighted by Gasteiger charge is 2.28. The van der Waals surface area contributed by atoms with E-state index in [1.54, 1.807) is 46.2 Å². The van der Waals surface area contributed by atoms with Gasteiger partial charge in [0.2, 0.25) is 0 Å². The van der Waals surface area contributed by atoms with Crippen LogP contribution in [0.4, 0.5) is 11.4 Å². The van der Waals surface area contributed by atoms with Crippen LogP contribution in [0.5, 0.6) is 5.75 Å². The molecule has 1 aliphatic heterocycles. The predicted octanol–water partition coefficient (Wildman–Crippen LogP) is 4.16. The van der Waals surface area contributed by atoms with E-state index in [0.717, 1.165) is 5.56 Å². The summed E-state index contributed by atoms with van der Waals surface area (Å²) in [5.74, 6) is -0.744. The number of phenolic OH excluding ortho intramolecular Hbond substituents is 1. The summed E-state index contributed by atoms with van der Waals surface area (Å²) in [7, 11) is 0. The molecule has 180 valence electrons. The molecule has 2 amide bonds. The fourth-order valence-electron chi connectivity index (χ4n) is 3.92. The third kappa shape index (κ3) is 5.36. The average molecular weight is 495 g/mol. The molecule has 4 rings (SSSR count). The van der Waals surface area contributed by atoms with E-state index in [1.165, 1.54) is 18.2 Å². The Morgan fingerprint density at radius 1 is 0.943 bits per heavy atom. The lowest BCUT2D eigenvalue weighted by molar-refractivity contribution is -0.384. The number of aromatic hydroxyl groups is 1. The lowest BCUT2D eigenvalue weighted by Crippen LogP contribution is -2.50. The van der Waals surface area contributed by atoms with Gasteiger partial charge >= 0.3 is 0 Å². The van der Waals surface area contributed by atoms with Gasteiger partial charge in [0, 0.05) is 49.4 Å². The second kappa shape index (κ2) is 10.4. The number of nitrogens with zero attached hydrogens (tertiary/aromatic N) is 3. The zero-order valence-electron chi connectivity index (χ0n) is 18.7. The lowest BCUT2D eigenvalue weighted by Gasteiger charge is -2.35. The first-order valence-corrected chi connectivity index (χ1v) is 11.3. The highest BCUT2D eigenvalue weighted by molar-refractivity contribution is 6.31. The second-order valence-corrected chi connectivity index (χ2v) is 8.44. The van der Waals surface area contributed by atoms with Gasteiger partial charge in [-0.1, -0.05) is 41.9 Å². The number of nitro benzene ring substituents is 1. The highest BCUT2D eigenvalue weighted by atomic mass is 35.5. The van der Waals surface area contributed by atoms with Gasteiger partial charge in [0.15, 0.2) is 0 Å². The Morgan fingerprint density at radius 2 is 1.57 bits per heavy atom. The highest BCUT2D eigenvalue weighted by Crippen LogP contribution is 2.28.